The Morgan fingerprint density at radius 2 is 1.94 bits per heavy atom. The lowest BCUT2D eigenvalue weighted by Gasteiger charge is -2.15. The van der Waals surface area contributed by atoms with Gasteiger partial charge in [0.2, 0.25) is 11.9 Å². The second-order valence-electron chi connectivity index (χ2n) is 7.04. The Morgan fingerprint density at radius 3 is 2.61 bits per heavy atom. The van der Waals surface area contributed by atoms with Gasteiger partial charge in [-0.3, -0.25) is 9.36 Å². The highest BCUT2D eigenvalue weighted by molar-refractivity contribution is 7.98. The largest absolute Gasteiger partial charge is 0.459 e. The number of nitrogens with two attached hydrogens (primary N) is 1. The van der Waals surface area contributed by atoms with E-state index in [4.69, 9.17) is 10.5 Å². The summed E-state index contributed by atoms with van der Waals surface area (Å²) >= 11 is 2.52. The van der Waals surface area contributed by atoms with E-state index in [0.717, 1.165) is 16.9 Å². The molecule has 1 aromatic carbocycles. The van der Waals surface area contributed by atoms with Crippen molar-refractivity contribution < 1.29 is 14.3 Å². The Kier molecular flexibility index (Phi) is 7.29. The average molecular weight is 461 g/mol. The van der Waals surface area contributed by atoms with Crippen LogP contribution in [0.4, 0.5) is 11.1 Å². The number of benzene rings is 1. The van der Waals surface area contributed by atoms with E-state index in [2.05, 4.69) is 20.5 Å². The van der Waals surface area contributed by atoms with Crippen LogP contribution in [-0.2, 0) is 15.3 Å². The summed E-state index contributed by atoms with van der Waals surface area (Å²) in [6.45, 7) is 6.95. The summed E-state index contributed by atoms with van der Waals surface area (Å²) in [6, 6.07) is 9.23. The number of nitrogens with zero attached hydrogens (tertiary/aromatic N) is 4. The highest BCUT2D eigenvalue weighted by Crippen LogP contribution is 2.28. The monoisotopic (exact) mass is 460 g/mol. The molecule has 0 radical (unpaired) electrons. The van der Waals surface area contributed by atoms with Crippen LogP contribution in [0.25, 0.3) is 0 Å². The zero-order chi connectivity index (χ0) is 22.5. The number of nitrogens with one attached hydrogen (secondary N) is 1. The van der Waals surface area contributed by atoms with E-state index in [1.807, 2.05) is 30.3 Å². The van der Waals surface area contributed by atoms with Crippen LogP contribution in [0.2, 0.25) is 0 Å². The van der Waals surface area contributed by atoms with Crippen LogP contribution in [0, 0.1) is 6.92 Å². The number of nitrogen functional groups attached to an aromatic ring is 1. The number of carbonyl (C=O) groups excluding carboxylic acids is 2. The number of anilines is 2. The van der Waals surface area contributed by atoms with Crippen molar-refractivity contribution in [1.29, 1.82) is 0 Å². The second kappa shape index (κ2) is 9.92. The Bertz CT molecular complexity index is 1060. The molecule has 0 aliphatic heterocycles. The van der Waals surface area contributed by atoms with Crippen LogP contribution in [-0.4, -0.2) is 37.7 Å². The minimum Gasteiger partial charge on any atom is -0.459 e. The van der Waals surface area contributed by atoms with Gasteiger partial charge in [0.25, 0.3) is 0 Å². The quantitative estimate of drug-likeness (QED) is 0.385. The van der Waals surface area contributed by atoms with Gasteiger partial charge < -0.3 is 15.8 Å². The summed E-state index contributed by atoms with van der Waals surface area (Å²) in [5.41, 5.74) is 7.60. The van der Waals surface area contributed by atoms with E-state index >= 15 is 0 Å². The lowest BCUT2D eigenvalue weighted by Crippen LogP contribution is -2.25. The van der Waals surface area contributed by atoms with Crippen molar-refractivity contribution in [3.05, 3.63) is 46.5 Å². The molecule has 1 atom stereocenters. The summed E-state index contributed by atoms with van der Waals surface area (Å²) < 4.78 is 6.80. The Balaban J connectivity index is 1.71. The molecule has 0 aliphatic carbocycles. The van der Waals surface area contributed by atoms with E-state index in [9.17, 15) is 9.59 Å². The van der Waals surface area contributed by atoms with Gasteiger partial charge in [-0.1, -0.05) is 53.4 Å². The maximum atomic E-state index is 12.9. The molecule has 31 heavy (non-hydrogen) atoms. The third-order valence-corrected chi connectivity index (χ3v) is 6.29. The molecule has 2 aromatic heterocycles. The van der Waals surface area contributed by atoms with Crippen molar-refractivity contribution in [2.75, 3.05) is 11.1 Å². The average Bonchev–Trinajstić information content (AvgIpc) is 3.28. The zero-order valence-electron chi connectivity index (χ0n) is 17.7. The predicted octanol–water partition coefficient (Wildman–Crippen LogP) is 3.68. The summed E-state index contributed by atoms with van der Waals surface area (Å²) in [4.78, 5) is 29.7. The number of aryl methyl sites for hydroxylation is 1. The van der Waals surface area contributed by atoms with Gasteiger partial charge in [0, 0.05) is 5.75 Å². The topological polar surface area (TPSA) is 125 Å². The summed E-state index contributed by atoms with van der Waals surface area (Å²) in [5.74, 6) is 0.0156. The SMILES string of the molecule is Cc1nc(NC(=O)C(C)n2c(N)nnc2SCc2ccccc2)sc1C(=O)OC(C)C. The highest BCUT2D eigenvalue weighted by Gasteiger charge is 2.24. The highest BCUT2D eigenvalue weighted by atomic mass is 32.2. The summed E-state index contributed by atoms with van der Waals surface area (Å²) in [6.07, 6.45) is -0.240. The fourth-order valence-electron chi connectivity index (χ4n) is 2.71. The minimum atomic E-state index is -0.677. The van der Waals surface area contributed by atoms with Crippen molar-refractivity contribution in [3.8, 4) is 0 Å². The van der Waals surface area contributed by atoms with E-state index in [0.29, 0.717) is 26.6 Å². The third-order valence-electron chi connectivity index (χ3n) is 4.22. The number of rotatable bonds is 8. The number of amides is 1. The molecule has 0 aliphatic rings. The van der Waals surface area contributed by atoms with Gasteiger partial charge in [0.15, 0.2) is 10.3 Å². The number of thiazole rings is 1. The van der Waals surface area contributed by atoms with Gasteiger partial charge in [-0.05, 0) is 33.3 Å². The van der Waals surface area contributed by atoms with Crippen LogP contribution >= 0.6 is 23.1 Å². The van der Waals surface area contributed by atoms with E-state index in [1.54, 1.807) is 32.3 Å². The fraction of sp³-hybridized carbons (Fsp3) is 0.350. The molecule has 164 valence electrons. The molecular weight excluding hydrogens is 436 g/mol. The molecule has 1 unspecified atom stereocenters. The molecule has 0 bridgehead atoms. The molecule has 3 rings (SSSR count). The first kappa shape index (κ1) is 22.8. The normalized spacial score (nSPS) is 12.0. The standard InChI is InChI=1S/C20H24N6O3S2/c1-11(2)29-17(28)15-12(3)22-19(31-15)23-16(27)13(4)26-18(21)24-25-20(26)30-10-14-8-6-5-7-9-14/h5-9,11,13H,10H2,1-4H3,(H2,21,24)(H,22,23,27). The smallest absolute Gasteiger partial charge is 0.350 e. The van der Waals surface area contributed by atoms with Gasteiger partial charge >= 0.3 is 5.97 Å². The molecule has 3 aromatic rings. The van der Waals surface area contributed by atoms with Crippen LogP contribution in [0.1, 0.15) is 47.7 Å². The molecule has 3 N–H and O–H groups in total. The number of carbonyl (C=O) groups is 2. The second-order valence-corrected chi connectivity index (χ2v) is 8.98. The molecule has 9 nitrogen and oxygen atoms in total. The van der Waals surface area contributed by atoms with E-state index in [-0.39, 0.29) is 18.0 Å². The van der Waals surface area contributed by atoms with Gasteiger partial charge in [0.05, 0.1) is 11.8 Å². The molecule has 11 heteroatoms. The number of thioether (sulfide) groups is 1. The molecule has 2 heterocycles. The van der Waals surface area contributed by atoms with Crippen LogP contribution < -0.4 is 11.1 Å². The first-order valence-corrected chi connectivity index (χ1v) is 11.4. The van der Waals surface area contributed by atoms with Crippen LogP contribution in [0.3, 0.4) is 0 Å². The molecule has 1 amide bonds. The Hall–Kier alpha value is -2.92. The lowest BCUT2D eigenvalue weighted by atomic mass is 10.2. The summed E-state index contributed by atoms with van der Waals surface area (Å²) in [5, 5.41) is 11.6. The number of hydrogen-bond acceptors (Lipinski definition) is 9. The predicted molar refractivity (Wildman–Crippen MR) is 121 cm³/mol. The molecular formula is C20H24N6O3S2. The first-order valence-electron chi connectivity index (χ1n) is 9.62. The van der Waals surface area contributed by atoms with Crippen molar-refractivity contribution in [2.24, 2.45) is 0 Å². The van der Waals surface area contributed by atoms with Crippen molar-refractivity contribution in [1.82, 2.24) is 19.7 Å². The Labute approximate surface area is 188 Å². The van der Waals surface area contributed by atoms with Crippen LogP contribution in [0.5, 0.6) is 0 Å². The number of aromatic nitrogens is 4. The van der Waals surface area contributed by atoms with Gasteiger partial charge in [0.1, 0.15) is 10.9 Å². The minimum absolute atomic E-state index is 0.148. The maximum absolute atomic E-state index is 12.9. The zero-order valence-corrected chi connectivity index (χ0v) is 19.3. The molecule has 0 spiro atoms. The lowest BCUT2D eigenvalue weighted by molar-refractivity contribution is -0.118. The van der Waals surface area contributed by atoms with Gasteiger partial charge in [-0.25, -0.2) is 9.78 Å². The maximum Gasteiger partial charge on any atom is 0.350 e. The number of ether oxygens (including phenoxy) is 1. The Morgan fingerprint density at radius 1 is 1.23 bits per heavy atom. The molecule has 0 saturated carbocycles. The molecule has 0 fully saturated rings. The van der Waals surface area contributed by atoms with Gasteiger partial charge in [-0.15, -0.1) is 10.2 Å². The van der Waals surface area contributed by atoms with E-state index in [1.165, 1.54) is 11.8 Å². The fourth-order valence-corrected chi connectivity index (χ4v) is 4.54. The third kappa shape index (κ3) is 5.61. The van der Waals surface area contributed by atoms with Gasteiger partial charge in [-0.2, -0.15) is 0 Å². The molecule has 0 saturated heterocycles. The summed E-state index contributed by atoms with van der Waals surface area (Å²) in [7, 11) is 0. The van der Waals surface area contributed by atoms with Crippen molar-refractivity contribution in [2.45, 2.75) is 50.8 Å². The van der Waals surface area contributed by atoms with Crippen LogP contribution in [0.15, 0.2) is 35.5 Å². The number of esters is 1. The number of hydrogen-bond donors (Lipinski definition) is 2. The van der Waals surface area contributed by atoms with Crippen molar-refractivity contribution in [3.63, 3.8) is 0 Å². The van der Waals surface area contributed by atoms with Crippen molar-refractivity contribution >= 4 is 46.1 Å². The van der Waals surface area contributed by atoms with E-state index < -0.39 is 12.0 Å². The first-order chi connectivity index (χ1) is 14.8.